The highest BCUT2D eigenvalue weighted by molar-refractivity contribution is 6.12. The van der Waals surface area contributed by atoms with E-state index in [1.165, 1.54) is 4.90 Å². The number of benzene rings is 3. The summed E-state index contributed by atoms with van der Waals surface area (Å²) in [6, 6.07) is 24.6. The van der Waals surface area contributed by atoms with Crippen molar-refractivity contribution < 1.29 is 14.3 Å². The smallest absolute Gasteiger partial charge is 0.294 e. The molecule has 1 aliphatic rings. The third-order valence-electron chi connectivity index (χ3n) is 5.15. The van der Waals surface area contributed by atoms with Gasteiger partial charge in [-0.3, -0.25) is 14.5 Å². The van der Waals surface area contributed by atoms with Gasteiger partial charge in [0.2, 0.25) is 5.91 Å². The second-order valence-corrected chi connectivity index (χ2v) is 7.58. The van der Waals surface area contributed by atoms with E-state index in [0.717, 1.165) is 16.7 Å². The van der Waals surface area contributed by atoms with Gasteiger partial charge in [0, 0.05) is 0 Å². The minimum absolute atomic E-state index is 0.0957. The van der Waals surface area contributed by atoms with Crippen molar-refractivity contribution in [2.24, 2.45) is 0 Å². The van der Waals surface area contributed by atoms with Gasteiger partial charge in [-0.1, -0.05) is 72.3 Å². The standard InChI is InChI=1S/C26H24N2O3/c1-18-9-8-10-20(15-18)16-24-26(30)28(22-13-6-7-14-23(22)31-24)17-25(29)27-19(2)21-11-4-3-5-12-21/h3-16,19H,17H2,1-2H3,(H,27,29)/b24-16+. The topological polar surface area (TPSA) is 58.6 Å². The Bertz CT molecular complexity index is 1140. The van der Waals surface area contributed by atoms with Crippen LogP contribution in [-0.4, -0.2) is 18.4 Å². The molecular weight excluding hydrogens is 388 g/mol. The van der Waals surface area contributed by atoms with Crippen LogP contribution in [0.5, 0.6) is 5.75 Å². The fourth-order valence-corrected chi connectivity index (χ4v) is 3.59. The van der Waals surface area contributed by atoms with Gasteiger partial charge in [-0.05, 0) is 43.2 Å². The predicted octanol–water partition coefficient (Wildman–Crippen LogP) is 4.64. The summed E-state index contributed by atoms with van der Waals surface area (Å²) in [6.45, 7) is 3.82. The molecule has 3 aromatic carbocycles. The Kier molecular flexibility index (Phi) is 5.85. The number of rotatable bonds is 5. The molecule has 0 aromatic heterocycles. The summed E-state index contributed by atoms with van der Waals surface area (Å²) in [6.07, 6.45) is 1.71. The van der Waals surface area contributed by atoms with E-state index in [1.807, 2.05) is 80.6 Å². The van der Waals surface area contributed by atoms with Crippen LogP contribution < -0.4 is 15.0 Å². The Morgan fingerprint density at radius 3 is 2.55 bits per heavy atom. The first-order chi connectivity index (χ1) is 15.0. The summed E-state index contributed by atoms with van der Waals surface area (Å²) in [7, 11) is 0. The lowest BCUT2D eigenvalue weighted by Gasteiger charge is -2.30. The van der Waals surface area contributed by atoms with E-state index in [2.05, 4.69) is 5.32 Å². The van der Waals surface area contributed by atoms with Gasteiger partial charge in [0.1, 0.15) is 6.54 Å². The number of nitrogens with zero attached hydrogens (tertiary/aromatic N) is 1. The van der Waals surface area contributed by atoms with Crippen LogP contribution in [0, 0.1) is 6.92 Å². The molecule has 1 aliphatic heterocycles. The lowest BCUT2D eigenvalue weighted by Crippen LogP contribution is -2.44. The normalized spacial score (nSPS) is 15.2. The van der Waals surface area contributed by atoms with E-state index in [-0.39, 0.29) is 30.2 Å². The Labute approximate surface area is 182 Å². The van der Waals surface area contributed by atoms with Gasteiger partial charge in [-0.25, -0.2) is 0 Å². The number of carbonyl (C=O) groups excluding carboxylic acids is 2. The first-order valence-corrected chi connectivity index (χ1v) is 10.2. The monoisotopic (exact) mass is 412 g/mol. The molecule has 31 heavy (non-hydrogen) atoms. The molecule has 1 heterocycles. The van der Waals surface area contributed by atoms with Crippen LogP contribution in [-0.2, 0) is 9.59 Å². The summed E-state index contributed by atoms with van der Waals surface area (Å²) < 4.78 is 5.89. The molecule has 0 spiro atoms. The molecule has 1 atom stereocenters. The van der Waals surface area contributed by atoms with Gasteiger partial charge in [0.15, 0.2) is 11.5 Å². The maximum atomic E-state index is 13.2. The second kappa shape index (κ2) is 8.88. The van der Waals surface area contributed by atoms with E-state index in [9.17, 15) is 9.59 Å². The highest BCUT2D eigenvalue weighted by atomic mass is 16.5. The molecule has 1 N–H and O–H groups in total. The number of aryl methyl sites for hydroxylation is 1. The second-order valence-electron chi connectivity index (χ2n) is 7.58. The molecule has 156 valence electrons. The average Bonchev–Trinajstić information content (AvgIpc) is 2.77. The quantitative estimate of drug-likeness (QED) is 0.621. The van der Waals surface area contributed by atoms with Crippen molar-refractivity contribution in [2.75, 3.05) is 11.4 Å². The molecule has 1 unspecified atom stereocenters. The third kappa shape index (κ3) is 4.67. The zero-order valence-electron chi connectivity index (χ0n) is 17.5. The molecule has 5 heteroatoms. The van der Waals surface area contributed by atoms with Gasteiger partial charge < -0.3 is 10.1 Å². The molecule has 5 nitrogen and oxygen atoms in total. The number of amides is 2. The molecule has 0 aliphatic carbocycles. The number of nitrogens with one attached hydrogen (secondary N) is 1. The lowest BCUT2D eigenvalue weighted by atomic mass is 10.1. The van der Waals surface area contributed by atoms with E-state index in [0.29, 0.717) is 11.4 Å². The molecule has 4 rings (SSSR count). The highest BCUT2D eigenvalue weighted by Gasteiger charge is 2.31. The fraction of sp³-hybridized carbons (Fsp3) is 0.154. The summed E-state index contributed by atoms with van der Waals surface area (Å²) in [5, 5.41) is 2.97. The third-order valence-corrected chi connectivity index (χ3v) is 5.15. The molecule has 0 saturated heterocycles. The minimum atomic E-state index is -0.345. The van der Waals surface area contributed by atoms with Gasteiger partial charge >= 0.3 is 0 Å². The van der Waals surface area contributed by atoms with Gasteiger partial charge in [0.05, 0.1) is 11.7 Å². The van der Waals surface area contributed by atoms with E-state index in [1.54, 1.807) is 18.2 Å². The van der Waals surface area contributed by atoms with Crippen molar-refractivity contribution in [3.63, 3.8) is 0 Å². The van der Waals surface area contributed by atoms with Crippen molar-refractivity contribution in [1.29, 1.82) is 0 Å². The Balaban J connectivity index is 1.58. The van der Waals surface area contributed by atoms with E-state index >= 15 is 0 Å². The van der Waals surface area contributed by atoms with Gasteiger partial charge in [-0.2, -0.15) is 0 Å². The van der Waals surface area contributed by atoms with Crippen LogP contribution in [0.25, 0.3) is 6.08 Å². The van der Waals surface area contributed by atoms with Crippen molar-refractivity contribution >= 4 is 23.6 Å². The summed E-state index contributed by atoms with van der Waals surface area (Å²) in [5.41, 5.74) is 3.54. The zero-order valence-corrected chi connectivity index (χ0v) is 17.5. The van der Waals surface area contributed by atoms with E-state index < -0.39 is 0 Å². The summed E-state index contributed by atoms with van der Waals surface area (Å²) in [5.74, 6) is 0.150. The summed E-state index contributed by atoms with van der Waals surface area (Å²) >= 11 is 0. The molecule has 2 amide bonds. The van der Waals surface area contributed by atoms with Crippen molar-refractivity contribution in [3.8, 4) is 5.75 Å². The van der Waals surface area contributed by atoms with Gasteiger partial charge in [-0.15, -0.1) is 0 Å². The van der Waals surface area contributed by atoms with Crippen LogP contribution in [0.1, 0.15) is 29.7 Å². The van der Waals surface area contributed by atoms with Crippen LogP contribution in [0.15, 0.2) is 84.6 Å². The SMILES string of the molecule is Cc1cccc(/C=C2/Oc3ccccc3N(CC(=O)NC(C)c3ccccc3)C2=O)c1. The average molecular weight is 412 g/mol. The highest BCUT2D eigenvalue weighted by Crippen LogP contribution is 2.35. The van der Waals surface area contributed by atoms with E-state index in [4.69, 9.17) is 4.74 Å². The molecule has 0 fully saturated rings. The Morgan fingerprint density at radius 2 is 1.77 bits per heavy atom. The molecule has 3 aromatic rings. The van der Waals surface area contributed by atoms with Crippen molar-refractivity contribution in [3.05, 3.63) is 101 Å². The number of fused-ring (bicyclic) bond motifs is 1. The minimum Gasteiger partial charge on any atom is -0.449 e. The van der Waals surface area contributed by atoms with Crippen LogP contribution in [0.4, 0.5) is 5.69 Å². The Hall–Kier alpha value is -3.86. The number of hydrogen-bond donors (Lipinski definition) is 1. The number of hydrogen-bond acceptors (Lipinski definition) is 3. The molecule has 0 bridgehead atoms. The van der Waals surface area contributed by atoms with Gasteiger partial charge in [0.25, 0.3) is 5.91 Å². The van der Waals surface area contributed by atoms with Crippen molar-refractivity contribution in [2.45, 2.75) is 19.9 Å². The van der Waals surface area contributed by atoms with Crippen LogP contribution in [0.2, 0.25) is 0 Å². The first kappa shape index (κ1) is 20.4. The van der Waals surface area contributed by atoms with Crippen molar-refractivity contribution in [1.82, 2.24) is 5.32 Å². The van der Waals surface area contributed by atoms with Crippen LogP contribution >= 0.6 is 0 Å². The molecule has 0 radical (unpaired) electrons. The summed E-state index contributed by atoms with van der Waals surface area (Å²) in [4.78, 5) is 27.5. The molecular formula is C26H24N2O3. The lowest BCUT2D eigenvalue weighted by molar-refractivity contribution is -0.123. The number of para-hydroxylation sites is 2. The molecule has 0 saturated carbocycles. The number of carbonyl (C=O) groups is 2. The number of ether oxygens (including phenoxy) is 1. The largest absolute Gasteiger partial charge is 0.449 e. The zero-order chi connectivity index (χ0) is 21.8. The maximum Gasteiger partial charge on any atom is 0.294 e. The predicted molar refractivity (Wildman–Crippen MR) is 122 cm³/mol. The maximum absolute atomic E-state index is 13.2. The fourth-order valence-electron chi connectivity index (χ4n) is 3.59. The Morgan fingerprint density at radius 1 is 1.03 bits per heavy atom. The number of anilines is 1. The first-order valence-electron chi connectivity index (χ1n) is 10.2. The van der Waals surface area contributed by atoms with Crippen LogP contribution in [0.3, 0.4) is 0 Å².